The van der Waals surface area contributed by atoms with Crippen LogP contribution in [0.25, 0.3) is 0 Å². The zero-order chi connectivity index (χ0) is 22.0. The number of carbonyl (C=O) groups excluding carboxylic acids is 1. The largest absolute Gasteiger partial charge is 0.463 e. The number of hydrogen-bond acceptors (Lipinski definition) is 5. The van der Waals surface area contributed by atoms with Crippen molar-refractivity contribution in [2.75, 3.05) is 11.5 Å². The van der Waals surface area contributed by atoms with Crippen LogP contribution < -0.4 is 10.2 Å². The third-order valence-corrected chi connectivity index (χ3v) is 5.14. The summed E-state index contributed by atoms with van der Waals surface area (Å²) in [5.41, 5.74) is 1.60. The van der Waals surface area contributed by atoms with E-state index in [2.05, 4.69) is 5.32 Å². The van der Waals surface area contributed by atoms with Gasteiger partial charge >= 0.3 is 5.97 Å². The third kappa shape index (κ3) is 3.88. The zero-order valence-electron chi connectivity index (χ0n) is 16.6. The molecule has 7 nitrogen and oxygen atoms in total. The number of thiocarbonyl (C=S) groups is 1. The lowest BCUT2D eigenvalue weighted by atomic mass is 9.93. The third-order valence-electron chi connectivity index (χ3n) is 4.84. The highest BCUT2D eigenvalue weighted by Gasteiger charge is 2.38. The molecule has 1 N–H and O–H groups in total. The maximum absolute atomic E-state index is 14.2. The van der Waals surface area contributed by atoms with Gasteiger partial charge < -0.3 is 10.1 Å². The second kappa shape index (κ2) is 8.58. The van der Waals surface area contributed by atoms with Crippen LogP contribution in [0.15, 0.2) is 53.7 Å². The van der Waals surface area contributed by atoms with Gasteiger partial charge in [0.25, 0.3) is 5.69 Å². The van der Waals surface area contributed by atoms with E-state index in [1.54, 1.807) is 51.1 Å². The molecule has 0 saturated carbocycles. The van der Waals surface area contributed by atoms with Gasteiger partial charge in [-0.1, -0.05) is 18.2 Å². The first-order valence-electron chi connectivity index (χ1n) is 9.24. The molecular weight excluding hydrogens is 409 g/mol. The summed E-state index contributed by atoms with van der Waals surface area (Å²) < 4.78 is 19.4. The van der Waals surface area contributed by atoms with Gasteiger partial charge in [0, 0.05) is 11.8 Å². The molecule has 2 aromatic carbocycles. The van der Waals surface area contributed by atoms with Gasteiger partial charge in [0.05, 0.1) is 34.4 Å². The van der Waals surface area contributed by atoms with Crippen molar-refractivity contribution in [3.05, 3.63) is 80.8 Å². The van der Waals surface area contributed by atoms with Crippen LogP contribution in [0.4, 0.5) is 15.8 Å². The Morgan fingerprint density at radius 2 is 2.00 bits per heavy atom. The fourth-order valence-electron chi connectivity index (χ4n) is 3.38. The topological polar surface area (TPSA) is 84.7 Å². The Morgan fingerprint density at radius 1 is 1.30 bits per heavy atom. The summed E-state index contributed by atoms with van der Waals surface area (Å²) in [5.74, 6) is -1.05. The predicted octanol–water partition coefficient (Wildman–Crippen LogP) is 4.32. The lowest BCUT2D eigenvalue weighted by Gasteiger charge is -2.37. The number of allylic oxidation sites excluding steroid dienone is 1. The van der Waals surface area contributed by atoms with Crippen molar-refractivity contribution >= 4 is 34.7 Å². The van der Waals surface area contributed by atoms with Gasteiger partial charge in [0.2, 0.25) is 0 Å². The van der Waals surface area contributed by atoms with Crippen LogP contribution in [0.2, 0.25) is 0 Å². The number of ether oxygens (including phenoxy) is 1. The normalized spacial score (nSPS) is 16.3. The van der Waals surface area contributed by atoms with E-state index in [0.717, 1.165) is 0 Å². The minimum absolute atomic E-state index is 0.128. The van der Waals surface area contributed by atoms with E-state index >= 15 is 0 Å². The molecular formula is C21H20FN3O4S. The minimum Gasteiger partial charge on any atom is -0.463 e. The van der Waals surface area contributed by atoms with Gasteiger partial charge in [-0.05, 0) is 56.8 Å². The van der Waals surface area contributed by atoms with Gasteiger partial charge in [0.15, 0.2) is 5.11 Å². The molecule has 1 atom stereocenters. The number of carbonyl (C=O) groups is 1. The molecule has 1 unspecified atom stereocenters. The summed E-state index contributed by atoms with van der Waals surface area (Å²) in [6, 6.07) is 9.84. The minimum atomic E-state index is -0.885. The maximum Gasteiger partial charge on any atom is 0.338 e. The number of para-hydroxylation sites is 1. The molecule has 0 bridgehead atoms. The predicted molar refractivity (Wildman–Crippen MR) is 115 cm³/mol. The fraction of sp³-hybridized carbons (Fsp3) is 0.238. The standard InChI is InChI=1S/C21H20FN3O4S/c1-4-29-20(26)18-13(3)24(14-10-9-12(2)16(22)11-14)21(30)23-19(18)15-7-5-6-8-17(15)25(27)28/h5-11,19H,4H2,1-3H3,(H,23,30). The molecule has 0 aromatic heterocycles. The summed E-state index contributed by atoms with van der Waals surface area (Å²) in [7, 11) is 0. The van der Waals surface area contributed by atoms with Crippen LogP contribution in [0.3, 0.4) is 0 Å². The van der Waals surface area contributed by atoms with Gasteiger partial charge in [-0.25, -0.2) is 9.18 Å². The molecule has 1 heterocycles. The molecule has 0 radical (unpaired) electrons. The van der Waals surface area contributed by atoms with Gasteiger partial charge in [-0.15, -0.1) is 0 Å². The zero-order valence-corrected chi connectivity index (χ0v) is 17.5. The number of halogens is 1. The smallest absolute Gasteiger partial charge is 0.338 e. The highest BCUT2D eigenvalue weighted by Crippen LogP contribution is 2.37. The molecule has 1 aliphatic rings. The molecule has 3 rings (SSSR count). The van der Waals surface area contributed by atoms with Crippen molar-refractivity contribution in [1.29, 1.82) is 0 Å². The SMILES string of the molecule is CCOC(=O)C1=C(C)N(c2ccc(C)c(F)c2)C(=S)NC1c1ccccc1[N+](=O)[O-]. The maximum atomic E-state index is 14.2. The first kappa shape index (κ1) is 21.4. The first-order valence-corrected chi connectivity index (χ1v) is 9.65. The number of benzene rings is 2. The Labute approximate surface area is 178 Å². The Balaban J connectivity index is 2.20. The fourth-order valence-corrected chi connectivity index (χ4v) is 3.74. The van der Waals surface area contributed by atoms with Crippen LogP contribution in [0.1, 0.15) is 31.0 Å². The second-order valence-corrected chi connectivity index (χ2v) is 7.07. The lowest BCUT2D eigenvalue weighted by Crippen LogP contribution is -2.48. The molecule has 2 aromatic rings. The van der Waals surface area contributed by atoms with E-state index in [0.29, 0.717) is 16.9 Å². The van der Waals surface area contributed by atoms with Crippen LogP contribution >= 0.6 is 12.2 Å². The Bertz CT molecular complexity index is 1070. The van der Waals surface area contributed by atoms with E-state index < -0.39 is 22.8 Å². The number of aryl methyl sites for hydroxylation is 1. The van der Waals surface area contributed by atoms with Gasteiger partial charge in [-0.3, -0.25) is 15.0 Å². The molecule has 0 saturated heterocycles. The molecule has 9 heteroatoms. The van der Waals surface area contributed by atoms with E-state index in [4.69, 9.17) is 17.0 Å². The van der Waals surface area contributed by atoms with Crippen molar-refractivity contribution < 1.29 is 18.8 Å². The number of nitrogens with one attached hydrogen (secondary N) is 1. The van der Waals surface area contributed by atoms with Crippen molar-refractivity contribution in [3.8, 4) is 0 Å². The van der Waals surface area contributed by atoms with E-state index in [-0.39, 0.29) is 28.5 Å². The quantitative estimate of drug-likeness (QED) is 0.328. The highest BCUT2D eigenvalue weighted by molar-refractivity contribution is 7.80. The number of nitrogens with zero attached hydrogens (tertiary/aromatic N) is 2. The lowest BCUT2D eigenvalue weighted by molar-refractivity contribution is -0.385. The molecule has 0 aliphatic carbocycles. The Morgan fingerprint density at radius 3 is 2.63 bits per heavy atom. The first-order chi connectivity index (χ1) is 14.3. The summed E-state index contributed by atoms with van der Waals surface area (Å²) in [4.78, 5) is 25.4. The molecule has 0 spiro atoms. The molecule has 0 amide bonds. The molecule has 0 fully saturated rings. The number of anilines is 1. The highest BCUT2D eigenvalue weighted by atomic mass is 32.1. The second-order valence-electron chi connectivity index (χ2n) is 6.69. The van der Waals surface area contributed by atoms with E-state index in [1.807, 2.05) is 0 Å². The number of nitro groups is 1. The summed E-state index contributed by atoms with van der Waals surface area (Å²) >= 11 is 5.49. The van der Waals surface area contributed by atoms with E-state index in [9.17, 15) is 19.3 Å². The molecule has 156 valence electrons. The van der Waals surface area contributed by atoms with Crippen molar-refractivity contribution in [1.82, 2.24) is 5.32 Å². The monoisotopic (exact) mass is 429 g/mol. The summed E-state index contributed by atoms with van der Waals surface area (Å²) in [6.45, 7) is 5.09. The molecule has 1 aliphatic heterocycles. The van der Waals surface area contributed by atoms with Crippen LogP contribution in [0.5, 0.6) is 0 Å². The number of rotatable bonds is 5. The van der Waals surface area contributed by atoms with Crippen LogP contribution in [-0.2, 0) is 9.53 Å². The van der Waals surface area contributed by atoms with E-state index in [1.165, 1.54) is 17.0 Å². The van der Waals surface area contributed by atoms with Crippen molar-refractivity contribution in [2.24, 2.45) is 0 Å². The average molecular weight is 429 g/mol. The summed E-state index contributed by atoms with van der Waals surface area (Å²) in [5, 5.41) is 14.7. The van der Waals surface area contributed by atoms with Gasteiger partial charge in [-0.2, -0.15) is 0 Å². The average Bonchev–Trinajstić information content (AvgIpc) is 2.70. The number of hydrogen-bond donors (Lipinski definition) is 1. The Kier molecular flexibility index (Phi) is 6.12. The number of esters is 1. The van der Waals surface area contributed by atoms with Crippen molar-refractivity contribution in [2.45, 2.75) is 26.8 Å². The molecule has 30 heavy (non-hydrogen) atoms. The van der Waals surface area contributed by atoms with Crippen LogP contribution in [-0.4, -0.2) is 22.6 Å². The van der Waals surface area contributed by atoms with Gasteiger partial charge in [0.1, 0.15) is 5.82 Å². The van der Waals surface area contributed by atoms with Crippen LogP contribution in [0, 0.1) is 22.9 Å². The Hall–Kier alpha value is -3.33. The number of nitro benzene ring substituents is 1. The van der Waals surface area contributed by atoms with Crippen molar-refractivity contribution in [3.63, 3.8) is 0 Å². The summed E-state index contributed by atoms with van der Waals surface area (Å²) in [6.07, 6.45) is 0.